The van der Waals surface area contributed by atoms with Crippen LogP contribution in [-0.4, -0.2) is 30.8 Å². The molecule has 3 aromatic heterocycles. The van der Waals surface area contributed by atoms with E-state index in [2.05, 4.69) is 19.9 Å². The van der Waals surface area contributed by atoms with Crippen molar-refractivity contribution in [1.82, 2.24) is 19.5 Å². The molecule has 0 amide bonds. The van der Waals surface area contributed by atoms with Gasteiger partial charge in [0.1, 0.15) is 22.3 Å². The van der Waals surface area contributed by atoms with Gasteiger partial charge in [0.15, 0.2) is 5.82 Å². The van der Waals surface area contributed by atoms with Gasteiger partial charge in [-0.05, 0) is 45.4 Å². The maximum Gasteiger partial charge on any atom is 0.274 e. The number of pyridine rings is 2. The highest BCUT2D eigenvalue weighted by atomic mass is 35.5. The zero-order chi connectivity index (χ0) is 26.2. The van der Waals surface area contributed by atoms with Crippen LogP contribution >= 0.6 is 23.4 Å². The van der Waals surface area contributed by atoms with Crippen molar-refractivity contribution in [2.75, 3.05) is 0 Å². The van der Waals surface area contributed by atoms with E-state index < -0.39 is 22.8 Å². The van der Waals surface area contributed by atoms with Crippen LogP contribution in [0.1, 0.15) is 56.1 Å². The number of halogens is 3. The molecule has 3 aromatic rings. The van der Waals surface area contributed by atoms with Crippen molar-refractivity contribution in [1.29, 1.82) is 0 Å². The second kappa shape index (κ2) is 10.2. The number of aliphatic imine (C=N–C) groups is 1. The van der Waals surface area contributed by atoms with E-state index in [-0.39, 0.29) is 28.3 Å². The van der Waals surface area contributed by atoms with E-state index >= 15 is 0 Å². The number of rotatable bonds is 6. The fourth-order valence-corrected chi connectivity index (χ4v) is 5.07. The first-order valence-corrected chi connectivity index (χ1v) is 12.5. The van der Waals surface area contributed by atoms with Crippen molar-refractivity contribution in [3.05, 3.63) is 86.1 Å². The summed E-state index contributed by atoms with van der Waals surface area (Å²) in [5.74, 6) is -1.14. The molecule has 36 heavy (non-hydrogen) atoms. The first-order valence-electron chi connectivity index (χ1n) is 11.1. The van der Waals surface area contributed by atoms with Crippen LogP contribution in [-0.2, 0) is 11.4 Å². The van der Waals surface area contributed by atoms with Gasteiger partial charge in [0.2, 0.25) is 0 Å². The van der Waals surface area contributed by atoms with Crippen LogP contribution in [0.5, 0.6) is 0 Å². The summed E-state index contributed by atoms with van der Waals surface area (Å²) in [6.45, 7) is 6.87. The Morgan fingerprint density at radius 1 is 1.25 bits per heavy atom. The molecule has 0 saturated heterocycles. The number of hydrogen-bond donors (Lipinski definition) is 1. The average molecular weight is 532 g/mol. The summed E-state index contributed by atoms with van der Waals surface area (Å²) in [6.07, 6.45) is 4.61. The molecule has 1 atom stereocenters. The molecule has 11 heteroatoms. The fourth-order valence-electron chi connectivity index (χ4n) is 3.79. The minimum atomic E-state index is -1.20. The van der Waals surface area contributed by atoms with E-state index in [0.29, 0.717) is 22.7 Å². The molecular formula is C25H24ClF2N5O2S. The zero-order valence-electron chi connectivity index (χ0n) is 20.1. The Morgan fingerprint density at radius 2 is 2.00 bits per heavy atom. The molecule has 0 aliphatic carbocycles. The Kier molecular flexibility index (Phi) is 7.40. The third kappa shape index (κ3) is 5.40. The molecule has 1 aliphatic rings. The van der Waals surface area contributed by atoms with Crippen molar-refractivity contribution in [3.8, 4) is 0 Å². The number of hydrogen-bond acceptors (Lipinski definition) is 7. The highest BCUT2D eigenvalue weighted by Gasteiger charge is 2.26. The predicted octanol–water partition coefficient (Wildman–Crippen LogP) is 5.24. The van der Waals surface area contributed by atoms with Gasteiger partial charge in [0, 0.05) is 46.9 Å². The molecule has 1 N–H and O–H groups in total. The normalized spacial score (nSPS) is 16.1. The largest absolute Gasteiger partial charge is 0.382 e. The lowest BCUT2D eigenvalue weighted by Crippen LogP contribution is -2.26. The third-order valence-corrected chi connectivity index (χ3v) is 7.20. The quantitative estimate of drug-likeness (QED) is 0.437. The van der Waals surface area contributed by atoms with E-state index in [0.717, 1.165) is 35.3 Å². The number of thioether (sulfide) groups is 1. The van der Waals surface area contributed by atoms with Crippen molar-refractivity contribution in [2.45, 2.75) is 56.4 Å². The SMILES string of the molecule is CC1=C(n2c(C)cc(SCc3ncc(F)cc3F)c(Cl)c2=O)C[C@H](c2ccnc(C(C)(C)O)n2)N=C1. The Bertz CT molecular complexity index is 1450. The number of nitrogens with zero attached hydrogens (tertiary/aromatic N) is 5. The molecule has 0 unspecified atom stereocenters. The fraction of sp³-hybridized carbons (Fsp3) is 0.320. The Balaban J connectivity index is 1.63. The number of aromatic nitrogens is 4. The van der Waals surface area contributed by atoms with Crippen LogP contribution in [0, 0.1) is 18.6 Å². The van der Waals surface area contributed by atoms with Crippen LogP contribution < -0.4 is 5.56 Å². The lowest BCUT2D eigenvalue weighted by molar-refractivity contribution is 0.0683. The van der Waals surface area contributed by atoms with Crippen molar-refractivity contribution >= 4 is 35.3 Å². The minimum Gasteiger partial charge on any atom is -0.382 e. The highest BCUT2D eigenvalue weighted by molar-refractivity contribution is 7.98. The van der Waals surface area contributed by atoms with Crippen LogP contribution in [0.3, 0.4) is 0 Å². The van der Waals surface area contributed by atoms with E-state index in [4.69, 9.17) is 11.6 Å². The van der Waals surface area contributed by atoms with Crippen molar-refractivity contribution < 1.29 is 13.9 Å². The van der Waals surface area contributed by atoms with Crippen LogP contribution in [0.15, 0.2) is 50.8 Å². The molecule has 188 valence electrons. The summed E-state index contributed by atoms with van der Waals surface area (Å²) in [4.78, 5) is 30.8. The van der Waals surface area contributed by atoms with Gasteiger partial charge in [-0.3, -0.25) is 19.3 Å². The van der Waals surface area contributed by atoms with Crippen LogP contribution in [0.2, 0.25) is 5.02 Å². The van der Waals surface area contributed by atoms with Gasteiger partial charge in [0.25, 0.3) is 5.56 Å². The minimum absolute atomic E-state index is 0.00108. The van der Waals surface area contributed by atoms with E-state index in [1.165, 1.54) is 0 Å². The smallest absolute Gasteiger partial charge is 0.274 e. The molecule has 1 aliphatic heterocycles. The lowest BCUT2D eigenvalue weighted by Gasteiger charge is -2.24. The van der Waals surface area contributed by atoms with Gasteiger partial charge in [-0.2, -0.15) is 0 Å². The Hall–Kier alpha value is -2.95. The van der Waals surface area contributed by atoms with E-state index in [9.17, 15) is 18.7 Å². The summed E-state index contributed by atoms with van der Waals surface area (Å²) >= 11 is 7.61. The van der Waals surface area contributed by atoms with Gasteiger partial charge >= 0.3 is 0 Å². The van der Waals surface area contributed by atoms with E-state index in [1.807, 2.05) is 6.92 Å². The first-order chi connectivity index (χ1) is 17.0. The van der Waals surface area contributed by atoms with Gasteiger partial charge in [-0.15, -0.1) is 11.8 Å². The second-order valence-corrected chi connectivity index (χ2v) is 10.4. The molecule has 0 radical (unpaired) electrons. The maximum atomic E-state index is 14.0. The second-order valence-electron chi connectivity index (χ2n) is 8.97. The maximum absolute atomic E-state index is 14.0. The van der Waals surface area contributed by atoms with E-state index in [1.54, 1.807) is 49.9 Å². The van der Waals surface area contributed by atoms with Crippen molar-refractivity contribution in [2.24, 2.45) is 4.99 Å². The Morgan fingerprint density at radius 3 is 2.69 bits per heavy atom. The summed E-state index contributed by atoms with van der Waals surface area (Å²) < 4.78 is 28.7. The summed E-state index contributed by atoms with van der Waals surface area (Å²) in [5, 5.41) is 10.3. The Labute approximate surface area is 216 Å². The first kappa shape index (κ1) is 26.1. The van der Waals surface area contributed by atoms with Crippen LogP contribution in [0.4, 0.5) is 8.78 Å². The molecule has 4 heterocycles. The van der Waals surface area contributed by atoms with Gasteiger partial charge < -0.3 is 5.11 Å². The monoisotopic (exact) mass is 531 g/mol. The summed E-state index contributed by atoms with van der Waals surface area (Å²) in [5.41, 5.74) is 1.26. The molecule has 0 aromatic carbocycles. The third-order valence-electron chi connectivity index (χ3n) is 5.67. The predicted molar refractivity (Wildman–Crippen MR) is 136 cm³/mol. The molecule has 4 rings (SSSR count). The summed E-state index contributed by atoms with van der Waals surface area (Å²) in [6, 6.07) is 3.89. The van der Waals surface area contributed by atoms with Gasteiger partial charge in [0.05, 0.1) is 23.6 Å². The molecule has 7 nitrogen and oxygen atoms in total. The molecule has 0 saturated carbocycles. The van der Waals surface area contributed by atoms with Crippen LogP contribution in [0.25, 0.3) is 5.70 Å². The standard InChI is InChI=1S/C25H24ClF2N5O2S/c1-13-10-30-18(17-5-6-29-24(32-17)25(3,4)35)9-20(13)33-14(2)7-21(22(26)23(33)34)36-12-19-16(28)8-15(27)11-31-19/h5-8,10-11,18,35H,9,12H2,1-4H3/t18-/m1/s1. The van der Waals surface area contributed by atoms with Gasteiger partial charge in [-0.25, -0.2) is 18.7 Å². The molecule has 0 bridgehead atoms. The number of aliphatic hydroxyl groups is 1. The van der Waals surface area contributed by atoms with Crippen molar-refractivity contribution in [3.63, 3.8) is 0 Å². The number of allylic oxidation sites excluding steroid dienone is 1. The number of dihydropyridines is 1. The highest BCUT2D eigenvalue weighted by Crippen LogP contribution is 2.34. The molecule has 0 spiro atoms. The number of aryl methyl sites for hydroxylation is 1. The molecule has 0 fully saturated rings. The lowest BCUT2D eigenvalue weighted by atomic mass is 10.0. The molecular weight excluding hydrogens is 508 g/mol. The summed E-state index contributed by atoms with van der Waals surface area (Å²) in [7, 11) is 0. The average Bonchev–Trinajstić information content (AvgIpc) is 2.82. The zero-order valence-corrected chi connectivity index (χ0v) is 21.7. The van der Waals surface area contributed by atoms with Gasteiger partial charge in [-0.1, -0.05) is 11.6 Å². The topological polar surface area (TPSA) is 93.3 Å².